The van der Waals surface area contributed by atoms with E-state index in [4.69, 9.17) is 11.6 Å². The van der Waals surface area contributed by atoms with Gasteiger partial charge in [0.2, 0.25) is 5.91 Å². The maximum absolute atomic E-state index is 13.4. The molecule has 0 aliphatic carbocycles. The first-order valence-corrected chi connectivity index (χ1v) is 7.95. The third kappa shape index (κ3) is 4.18. The average molecular weight is 328 g/mol. The van der Waals surface area contributed by atoms with Gasteiger partial charge in [-0.05, 0) is 43.9 Å². The van der Waals surface area contributed by atoms with Gasteiger partial charge in [0, 0.05) is 32.1 Å². The van der Waals surface area contributed by atoms with Crippen molar-refractivity contribution in [2.24, 2.45) is 5.92 Å². The summed E-state index contributed by atoms with van der Waals surface area (Å²) in [5, 5.41) is 0.0990. The molecule has 1 aliphatic rings. The normalized spacial score (nSPS) is 24.5. The zero-order valence-electron chi connectivity index (χ0n) is 13.2. The lowest BCUT2D eigenvalue weighted by molar-refractivity contribution is -0.130. The second kappa shape index (κ2) is 7.40. The summed E-state index contributed by atoms with van der Waals surface area (Å²) in [4.78, 5) is 13.9. The summed E-state index contributed by atoms with van der Waals surface area (Å²) in [5.41, 5.74) is 7.13. The van der Waals surface area contributed by atoms with E-state index in [0.717, 1.165) is 12.0 Å². The van der Waals surface area contributed by atoms with E-state index in [1.807, 2.05) is 0 Å². The van der Waals surface area contributed by atoms with Crippen LogP contribution in [-0.4, -0.2) is 29.9 Å². The van der Waals surface area contributed by atoms with Crippen molar-refractivity contribution in [2.45, 2.75) is 45.3 Å². The molecule has 2 N–H and O–H groups in total. The summed E-state index contributed by atoms with van der Waals surface area (Å²) in [6.07, 6.45) is 1.33. The van der Waals surface area contributed by atoms with Crippen molar-refractivity contribution in [3.8, 4) is 0 Å². The van der Waals surface area contributed by atoms with Crippen LogP contribution in [0.1, 0.15) is 32.3 Å². The fourth-order valence-corrected chi connectivity index (χ4v) is 3.01. The Balaban J connectivity index is 1.85. The number of rotatable bonds is 5. The molecule has 0 aromatic heterocycles. The Hall–Kier alpha value is -1.17. The predicted octanol–water partition coefficient (Wildman–Crippen LogP) is 2.72. The van der Waals surface area contributed by atoms with Crippen LogP contribution in [0.4, 0.5) is 4.39 Å². The Morgan fingerprint density at radius 1 is 1.32 bits per heavy atom. The van der Waals surface area contributed by atoms with Crippen molar-refractivity contribution in [1.29, 1.82) is 0 Å². The molecule has 0 radical (unpaired) electrons. The second-order valence-corrected chi connectivity index (χ2v) is 6.47. The monoisotopic (exact) mass is 327 g/mol. The van der Waals surface area contributed by atoms with Gasteiger partial charge in [-0.15, -0.1) is 0 Å². The molecule has 1 saturated heterocycles. The van der Waals surface area contributed by atoms with Crippen LogP contribution >= 0.6 is 11.6 Å². The number of carbonyl (C=O) groups excluding carboxylic acids is 1. The fourth-order valence-electron chi connectivity index (χ4n) is 2.89. The molecule has 22 heavy (non-hydrogen) atoms. The Morgan fingerprint density at radius 3 is 2.55 bits per heavy atom. The summed E-state index contributed by atoms with van der Waals surface area (Å²) in [5.74, 6) is 0.0535. The molecule has 2 unspecified atom stereocenters. The third-order valence-electron chi connectivity index (χ3n) is 4.34. The lowest BCUT2D eigenvalue weighted by Gasteiger charge is -2.21. The molecule has 1 heterocycles. The van der Waals surface area contributed by atoms with Crippen LogP contribution in [0, 0.1) is 11.7 Å². The number of nitrogens with zero attached hydrogens (tertiary/aromatic N) is 1. The topological polar surface area (TPSA) is 44.4 Å². The number of hydrogen-bond donors (Lipinski definition) is 2. The number of amides is 1. The standard InChI is InChI=1S/C16H23ClFN3O/c1-10-13(11(2)20-19-10)5-7-16(22)21(3)9-12-4-6-14(17)15(18)8-12/h4,6,8,10-11,13,19-20H,5,7,9H2,1-3H3. The highest BCUT2D eigenvalue weighted by atomic mass is 35.5. The molecule has 1 aromatic carbocycles. The highest BCUT2D eigenvalue weighted by Crippen LogP contribution is 2.21. The van der Waals surface area contributed by atoms with Gasteiger partial charge in [-0.2, -0.15) is 0 Å². The quantitative estimate of drug-likeness (QED) is 0.874. The van der Waals surface area contributed by atoms with Crippen LogP contribution in [0.2, 0.25) is 5.02 Å². The van der Waals surface area contributed by atoms with Gasteiger partial charge >= 0.3 is 0 Å². The van der Waals surface area contributed by atoms with Gasteiger partial charge < -0.3 is 4.90 Å². The van der Waals surface area contributed by atoms with E-state index in [-0.39, 0.29) is 10.9 Å². The highest BCUT2D eigenvalue weighted by Gasteiger charge is 2.30. The van der Waals surface area contributed by atoms with Crippen molar-refractivity contribution in [1.82, 2.24) is 15.8 Å². The van der Waals surface area contributed by atoms with Crippen LogP contribution in [-0.2, 0) is 11.3 Å². The lowest BCUT2D eigenvalue weighted by atomic mass is 9.91. The van der Waals surface area contributed by atoms with Crippen LogP contribution in [0.3, 0.4) is 0 Å². The molecule has 1 fully saturated rings. The number of halogens is 2. The van der Waals surface area contributed by atoms with Gasteiger partial charge in [-0.25, -0.2) is 4.39 Å². The maximum atomic E-state index is 13.4. The average Bonchev–Trinajstić information content (AvgIpc) is 2.79. The zero-order chi connectivity index (χ0) is 16.3. The third-order valence-corrected chi connectivity index (χ3v) is 4.65. The SMILES string of the molecule is CC1NNC(C)C1CCC(=O)N(C)Cc1ccc(Cl)c(F)c1. The van der Waals surface area contributed by atoms with Crippen molar-refractivity contribution < 1.29 is 9.18 Å². The van der Waals surface area contributed by atoms with Gasteiger partial charge in [0.1, 0.15) is 5.82 Å². The predicted molar refractivity (Wildman–Crippen MR) is 85.8 cm³/mol. The molecular weight excluding hydrogens is 305 g/mol. The number of carbonyl (C=O) groups is 1. The summed E-state index contributed by atoms with van der Waals surface area (Å²) >= 11 is 5.66. The largest absolute Gasteiger partial charge is 0.341 e. The number of hydrogen-bond acceptors (Lipinski definition) is 3. The molecule has 4 nitrogen and oxygen atoms in total. The molecule has 1 amide bonds. The number of nitrogens with one attached hydrogen (secondary N) is 2. The Labute approximate surface area is 136 Å². The Morgan fingerprint density at radius 2 is 1.95 bits per heavy atom. The van der Waals surface area contributed by atoms with Crippen molar-refractivity contribution in [3.05, 3.63) is 34.6 Å². The summed E-state index contributed by atoms with van der Waals surface area (Å²) < 4.78 is 13.4. The minimum Gasteiger partial charge on any atom is -0.341 e. The van der Waals surface area contributed by atoms with Gasteiger partial charge in [-0.3, -0.25) is 15.6 Å². The fraction of sp³-hybridized carbons (Fsp3) is 0.562. The van der Waals surface area contributed by atoms with Gasteiger partial charge in [-0.1, -0.05) is 17.7 Å². The number of hydrazine groups is 1. The minimum atomic E-state index is -0.453. The van der Waals surface area contributed by atoms with E-state index in [2.05, 4.69) is 24.7 Å². The van der Waals surface area contributed by atoms with Crippen molar-refractivity contribution >= 4 is 17.5 Å². The van der Waals surface area contributed by atoms with E-state index in [0.29, 0.717) is 31.0 Å². The van der Waals surface area contributed by atoms with E-state index >= 15 is 0 Å². The molecule has 6 heteroatoms. The van der Waals surface area contributed by atoms with Crippen LogP contribution in [0.15, 0.2) is 18.2 Å². The van der Waals surface area contributed by atoms with E-state index in [1.165, 1.54) is 12.1 Å². The second-order valence-electron chi connectivity index (χ2n) is 6.07. The first-order valence-electron chi connectivity index (χ1n) is 7.57. The first kappa shape index (κ1) is 17.2. The highest BCUT2D eigenvalue weighted by molar-refractivity contribution is 6.30. The van der Waals surface area contributed by atoms with Crippen LogP contribution in [0.5, 0.6) is 0 Å². The summed E-state index contributed by atoms with van der Waals surface area (Å²) in [6, 6.07) is 5.35. The van der Waals surface area contributed by atoms with Gasteiger partial charge in [0.15, 0.2) is 0 Å². The lowest BCUT2D eigenvalue weighted by Crippen LogP contribution is -2.30. The van der Waals surface area contributed by atoms with Crippen molar-refractivity contribution in [3.63, 3.8) is 0 Å². The van der Waals surface area contributed by atoms with Crippen LogP contribution in [0.25, 0.3) is 0 Å². The van der Waals surface area contributed by atoms with E-state index < -0.39 is 5.82 Å². The van der Waals surface area contributed by atoms with Gasteiger partial charge in [0.05, 0.1) is 5.02 Å². The molecule has 122 valence electrons. The molecule has 2 atom stereocenters. The smallest absolute Gasteiger partial charge is 0.222 e. The Kier molecular flexibility index (Phi) is 5.78. The number of benzene rings is 1. The molecule has 2 rings (SSSR count). The first-order chi connectivity index (χ1) is 10.4. The summed E-state index contributed by atoms with van der Waals surface area (Å²) in [7, 11) is 1.74. The molecule has 0 spiro atoms. The summed E-state index contributed by atoms with van der Waals surface area (Å²) in [6.45, 7) is 4.62. The van der Waals surface area contributed by atoms with E-state index in [9.17, 15) is 9.18 Å². The van der Waals surface area contributed by atoms with E-state index in [1.54, 1.807) is 18.0 Å². The molecular formula is C16H23ClFN3O. The molecule has 0 saturated carbocycles. The Bertz CT molecular complexity index is 530. The van der Waals surface area contributed by atoms with Crippen LogP contribution < -0.4 is 10.9 Å². The zero-order valence-corrected chi connectivity index (χ0v) is 14.0. The van der Waals surface area contributed by atoms with Gasteiger partial charge in [0.25, 0.3) is 0 Å². The minimum absolute atomic E-state index is 0.0710. The molecule has 1 aromatic rings. The molecule has 0 bridgehead atoms. The maximum Gasteiger partial charge on any atom is 0.222 e. The molecule has 1 aliphatic heterocycles. The van der Waals surface area contributed by atoms with Crippen molar-refractivity contribution in [2.75, 3.05) is 7.05 Å².